The number of amides is 2. The molecule has 0 aromatic rings. The van der Waals surface area contributed by atoms with E-state index >= 15 is 0 Å². The second-order valence-electron chi connectivity index (χ2n) is 4.50. The molecule has 2 amide bonds. The molecule has 0 aromatic carbocycles. The van der Waals surface area contributed by atoms with Gasteiger partial charge in [0, 0.05) is 13.0 Å². The van der Waals surface area contributed by atoms with E-state index in [9.17, 15) is 14.4 Å². The number of carbonyl (C=O) groups excluding carboxylic acids is 3. The second kappa shape index (κ2) is 7.89. The molecular weight excluding hydrogens is 248 g/mol. The van der Waals surface area contributed by atoms with E-state index < -0.39 is 6.04 Å². The van der Waals surface area contributed by atoms with Crippen molar-refractivity contribution < 1.29 is 19.1 Å². The fraction of sp³-hybridized carbons (Fsp3) is 0.769. The summed E-state index contributed by atoms with van der Waals surface area (Å²) < 4.78 is 4.81. The lowest BCUT2D eigenvalue weighted by Crippen LogP contribution is -2.39. The van der Waals surface area contributed by atoms with Gasteiger partial charge in [0.1, 0.15) is 0 Å². The Morgan fingerprint density at radius 2 is 2.16 bits per heavy atom. The molecule has 1 atom stereocenters. The molecule has 1 N–H and O–H groups in total. The Morgan fingerprint density at radius 1 is 1.42 bits per heavy atom. The molecule has 6 heteroatoms. The van der Waals surface area contributed by atoms with Gasteiger partial charge >= 0.3 is 5.97 Å². The van der Waals surface area contributed by atoms with Gasteiger partial charge in [0.15, 0.2) is 0 Å². The molecule has 1 unspecified atom stereocenters. The third-order valence-electron chi connectivity index (χ3n) is 2.94. The molecule has 1 heterocycles. The number of nitrogens with one attached hydrogen (secondary N) is 1. The van der Waals surface area contributed by atoms with Crippen molar-refractivity contribution in [3.8, 4) is 0 Å². The van der Waals surface area contributed by atoms with Crippen molar-refractivity contribution in [1.29, 1.82) is 0 Å². The predicted octanol–water partition coefficient (Wildman–Crippen LogP) is 0.457. The van der Waals surface area contributed by atoms with Gasteiger partial charge in [0.05, 0.1) is 19.1 Å². The van der Waals surface area contributed by atoms with E-state index in [1.54, 1.807) is 6.92 Å². The van der Waals surface area contributed by atoms with Crippen LogP contribution in [0, 0.1) is 0 Å². The minimum Gasteiger partial charge on any atom is -0.466 e. The van der Waals surface area contributed by atoms with Crippen molar-refractivity contribution in [2.24, 2.45) is 0 Å². The van der Waals surface area contributed by atoms with Crippen LogP contribution in [0.2, 0.25) is 0 Å². The van der Waals surface area contributed by atoms with Crippen molar-refractivity contribution >= 4 is 17.8 Å². The Bertz CT molecular complexity index is 344. The van der Waals surface area contributed by atoms with Gasteiger partial charge in [-0.05, 0) is 26.3 Å². The quantitative estimate of drug-likeness (QED) is 0.394. The lowest BCUT2D eigenvalue weighted by atomic mass is 10.2. The highest BCUT2D eigenvalue weighted by Gasteiger charge is 2.37. The van der Waals surface area contributed by atoms with Crippen LogP contribution < -0.4 is 5.32 Å². The van der Waals surface area contributed by atoms with Gasteiger partial charge in [-0.25, -0.2) is 0 Å². The average Bonchev–Trinajstić information content (AvgIpc) is 2.63. The smallest absolute Gasteiger partial charge is 0.305 e. The number of ether oxygens (including phenoxy) is 1. The molecule has 19 heavy (non-hydrogen) atoms. The third-order valence-corrected chi connectivity index (χ3v) is 2.94. The molecule has 0 aliphatic carbocycles. The topological polar surface area (TPSA) is 75.7 Å². The van der Waals surface area contributed by atoms with Crippen molar-refractivity contribution in [2.45, 2.75) is 45.6 Å². The van der Waals surface area contributed by atoms with Crippen LogP contribution in [0.4, 0.5) is 0 Å². The van der Waals surface area contributed by atoms with E-state index in [0.29, 0.717) is 32.5 Å². The minimum atomic E-state index is -0.429. The maximum Gasteiger partial charge on any atom is 0.305 e. The molecule has 1 aliphatic heterocycles. The second-order valence-corrected chi connectivity index (χ2v) is 4.50. The van der Waals surface area contributed by atoms with Crippen molar-refractivity contribution in [3.05, 3.63) is 0 Å². The molecule has 1 rings (SSSR count). The molecule has 1 fully saturated rings. The molecule has 0 radical (unpaired) electrons. The first-order chi connectivity index (χ1) is 9.10. The van der Waals surface area contributed by atoms with Gasteiger partial charge in [-0.15, -0.1) is 0 Å². The molecule has 0 aromatic heterocycles. The van der Waals surface area contributed by atoms with E-state index in [4.69, 9.17) is 4.74 Å². The number of imide groups is 1. The SMILES string of the molecule is CCCN1C(=O)CC(NCCCC(=O)OCC)C1=O. The highest BCUT2D eigenvalue weighted by Crippen LogP contribution is 2.13. The van der Waals surface area contributed by atoms with Gasteiger partial charge < -0.3 is 10.1 Å². The van der Waals surface area contributed by atoms with Crippen LogP contribution in [0.15, 0.2) is 0 Å². The van der Waals surface area contributed by atoms with Crippen LogP contribution in [-0.2, 0) is 19.1 Å². The Hall–Kier alpha value is -1.43. The summed E-state index contributed by atoms with van der Waals surface area (Å²) in [6.45, 7) is 5.09. The molecule has 0 saturated carbocycles. The average molecular weight is 270 g/mol. The number of rotatable bonds is 8. The van der Waals surface area contributed by atoms with Crippen LogP contribution in [0.3, 0.4) is 0 Å². The molecule has 6 nitrogen and oxygen atoms in total. The molecule has 0 bridgehead atoms. The van der Waals surface area contributed by atoms with Crippen molar-refractivity contribution in [3.63, 3.8) is 0 Å². The zero-order valence-corrected chi connectivity index (χ0v) is 11.6. The van der Waals surface area contributed by atoms with Gasteiger partial charge in [-0.1, -0.05) is 6.92 Å². The Kier molecular flexibility index (Phi) is 6.49. The zero-order valence-electron chi connectivity index (χ0n) is 11.6. The summed E-state index contributed by atoms with van der Waals surface area (Å²) in [5.74, 6) is -0.497. The van der Waals surface area contributed by atoms with E-state index in [1.165, 1.54) is 4.90 Å². The summed E-state index contributed by atoms with van der Waals surface area (Å²) in [5.41, 5.74) is 0. The number of carbonyl (C=O) groups is 3. The monoisotopic (exact) mass is 270 g/mol. The first-order valence-corrected chi connectivity index (χ1v) is 6.83. The van der Waals surface area contributed by atoms with Crippen LogP contribution in [0.1, 0.15) is 39.5 Å². The first kappa shape index (κ1) is 15.6. The number of likely N-dealkylation sites (tertiary alicyclic amines) is 1. The standard InChI is InChI=1S/C13H22N2O4/c1-3-8-15-11(16)9-10(13(15)18)14-7-5-6-12(17)19-4-2/h10,14H,3-9H2,1-2H3. The Labute approximate surface area is 113 Å². The van der Waals surface area contributed by atoms with E-state index in [1.807, 2.05) is 6.92 Å². The van der Waals surface area contributed by atoms with Crippen LogP contribution in [0.25, 0.3) is 0 Å². The van der Waals surface area contributed by atoms with E-state index in [2.05, 4.69) is 5.32 Å². The predicted molar refractivity (Wildman–Crippen MR) is 69.3 cm³/mol. The number of hydrogen-bond acceptors (Lipinski definition) is 5. The van der Waals surface area contributed by atoms with Crippen LogP contribution in [-0.4, -0.2) is 48.4 Å². The summed E-state index contributed by atoms with van der Waals surface area (Å²) in [6, 6.07) is -0.429. The molecule has 108 valence electrons. The molecule has 1 saturated heterocycles. The van der Waals surface area contributed by atoms with E-state index in [-0.39, 0.29) is 24.2 Å². The number of nitrogens with zero attached hydrogens (tertiary/aromatic N) is 1. The maximum atomic E-state index is 11.9. The van der Waals surface area contributed by atoms with Gasteiger partial charge in [0.25, 0.3) is 0 Å². The summed E-state index contributed by atoms with van der Waals surface area (Å²) >= 11 is 0. The van der Waals surface area contributed by atoms with Crippen molar-refractivity contribution in [2.75, 3.05) is 19.7 Å². The summed E-state index contributed by atoms with van der Waals surface area (Å²) in [5, 5.41) is 3.03. The summed E-state index contributed by atoms with van der Waals surface area (Å²) in [4.78, 5) is 35.9. The normalized spacial score (nSPS) is 19.1. The van der Waals surface area contributed by atoms with E-state index in [0.717, 1.165) is 6.42 Å². The Balaban J connectivity index is 2.25. The number of hydrogen-bond donors (Lipinski definition) is 1. The summed E-state index contributed by atoms with van der Waals surface area (Å²) in [7, 11) is 0. The fourth-order valence-electron chi connectivity index (χ4n) is 2.04. The van der Waals surface area contributed by atoms with Crippen molar-refractivity contribution in [1.82, 2.24) is 10.2 Å². The largest absolute Gasteiger partial charge is 0.466 e. The number of esters is 1. The van der Waals surface area contributed by atoms with Gasteiger partial charge in [-0.2, -0.15) is 0 Å². The van der Waals surface area contributed by atoms with Crippen LogP contribution in [0.5, 0.6) is 0 Å². The maximum absolute atomic E-state index is 11.9. The minimum absolute atomic E-state index is 0.116. The Morgan fingerprint density at radius 3 is 2.79 bits per heavy atom. The summed E-state index contributed by atoms with van der Waals surface area (Å²) in [6.07, 6.45) is 1.92. The fourth-order valence-corrected chi connectivity index (χ4v) is 2.04. The third kappa shape index (κ3) is 4.63. The van der Waals surface area contributed by atoms with Gasteiger partial charge in [-0.3, -0.25) is 19.3 Å². The highest BCUT2D eigenvalue weighted by molar-refractivity contribution is 6.05. The van der Waals surface area contributed by atoms with Crippen LogP contribution >= 0.6 is 0 Å². The zero-order chi connectivity index (χ0) is 14.3. The molecule has 1 aliphatic rings. The lowest BCUT2D eigenvalue weighted by molar-refractivity contribution is -0.143. The highest BCUT2D eigenvalue weighted by atomic mass is 16.5. The lowest BCUT2D eigenvalue weighted by Gasteiger charge is -2.14. The molecular formula is C13H22N2O4. The molecule has 0 spiro atoms. The first-order valence-electron chi connectivity index (χ1n) is 6.83. The van der Waals surface area contributed by atoms with Gasteiger partial charge in [0.2, 0.25) is 11.8 Å².